The van der Waals surface area contributed by atoms with Gasteiger partial charge in [-0.05, 0) is 34.0 Å². The van der Waals surface area contributed by atoms with E-state index >= 15 is 0 Å². The number of halogens is 1. The summed E-state index contributed by atoms with van der Waals surface area (Å²) in [6, 6.07) is 8.01. The van der Waals surface area contributed by atoms with Crippen LogP contribution < -0.4 is 4.74 Å². The first kappa shape index (κ1) is 11.4. The van der Waals surface area contributed by atoms with Gasteiger partial charge >= 0.3 is 0 Å². The maximum absolute atomic E-state index is 5.80. The zero-order valence-electron chi connectivity index (χ0n) is 9.40. The summed E-state index contributed by atoms with van der Waals surface area (Å²) in [6.07, 6.45) is 1.79. The van der Waals surface area contributed by atoms with Crippen LogP contribution in [0, 0.1) is 5.92 Å². The first-order chi connectivity index (χ1) is 7.68. The van der Waals surface area contributed by atoms with Crippen LogP contribution in [0.5, 0.6) is 5.75 Å². The van der Waals surface area contributed by atoms with E-state index in [1.54, 1.807) is 6.20 Å². The third-order valence-corrected chi connectivity index (χ3v) is 2.87. The summed E-state index contributed by atoms with van der Waals surface area (Å²) in [5, 5.41) is 1.10. The van der Waals surface area contributed by atoms with Gasteiger partial charge in [0.05, 0.1) is 11.1 Å². The third kappa shape index (κ3) is 2.35. The Labute approximate surface area is 104 Å². The van der Waals surface area contributed by atoms with E-state index in [1.165, 1.54) is 0 Å². The van der Waals surface area contributed by atoms with Crippen molar-refractivity contribution in [2.75, 3.05) is 6.61 Å². The van der Waals surface area contributed by atoms with Gasteiger partial charge in [0.2, 0.25) is 0 Å². The lowest BCUT2D eigenvalue weighted by Gasteiger charge is -2.12. The van der Waals surface area contributed by atoms with Crippen molar-refractivity contribution in [2.24, 2.45) is 5.92 Å². The number of aromatic nitrogens is 1. The molecule has 16 heavy (non-hydrogen) atoms. The van der Waals surface area contributed by atoms with Gasteiger partial charge in [0.15, 0.2) is 5.75 Å². The Morgan fingerprint density at radius 2 is 2.12 bits per heavy atom. The Balaban J connectivity index is 2.44. The van der Waals surface area contributed by atoms with Gasteiger partial charge in [-0.1, -0.05) is 26.0 Å². The average Bonchev–Trinajstić information content (AvgIpc) is 2.27. The van der Waals surface area contributed by atoms with Crippen molar-refractivity contribution in [2.45, 2.75) is 13.8 Å². The fraction of sp³-hybridized carbons (Fsp3) is 0.308. The monoisotopic (exact) mass is 279 g/mol. The number of nitrogens with zero attached hydrogens (tertiary/aromatic N) is 1. The minimum absolute atomic E-state index is 0.505. The Hall–Kier alpha value is -1.09. The molecular weight excluding hydrogens is 266 g/mol. The Bertz CT molecular complexity index is 496. The summed E-state index contributed by atoms with van der Waals surface area (Å²) in [7, 11) is 0. The van der Waals surface area contributed by atoms with Gasteiger partial charge < -0.3 is 4.74 Å². The van der Waals surface area contributed by atoms with Crippen molar-refractivity contribution in [3.63, 3.8) is 0 Å². The first-order valence-corrected chi connectivity index (χ1v) is 6.14. The number of pyridine rings is 1. The van der Waals surface area contributed by atoms with Crippen LogP contribution in [0.25, 0.3) is 10.9 Å². The van der Waals surface area contributed by atoms with E-state index in [-0.39, 0.29) is 0 Å². The summed E-state index contributed by atoms with van der Waals surface area (Å²) in [5.74, 6) is 1.35. The molecule has 0 saturated carbocycles. The molecule has 0 atom stereocenters. The molecule has 0 N–H and O–H groups in total. The summed E-state index contributed by atoms with van der Waals surface area (Å²) in [5.41, 5.74) is 0.914. The molecule has 2 rings (SSSR count). The fourth-order valence-electron chi connectivity index (χ4n) is 1.48. The van der Waals surface area contributed by atoms with E-state index in [9.17, 15) is 0 Å². The normalized spacial score (nSPS) is 11.0. The van der Waals surface area contributed by atoms with Gasteiger partial charge in [-0.25, -0.2) is 0 Å². The van der Waals surface area contributed by atoms with Gasteiger partial charge in [-0.2, -0.15) is 0 Å². The van der Waals surface area contributed by atoms with Crippen molar-refractivity contribution in [1.82, 2.24) is 4.98 Å². The number of ether oxygens (including phenoxy) is 1. The molecule has 0 fully saturated rings. The van der Waals surface area contributed by atoms with Crippen molar-refractivity contribution < 1.29 is 4.74 Å². The molecule has 1 heterocycles. The van der Waals surface area contributed by atoms with Crippen molar-refractivity contribution in [1.29, 1.82) is 0 Å². The molecule has 0 aliphatic heterocycles. The van der Waals surface area contributed by atoms with Crippen LogP contribution >= 0.6 is 15.9 Å². The highest BCUT2D eigenvalue weighted by Gasteiger charge is 2.08. The second-order valence-corrected chi connectivity index (χ2v) is 5.01. The maximum atomic E-state index is 5.80. The number of benzene rings is 1. The summed E-state index contributed by atoms with van der Waals surface area (Å²) >= 11 is 3.50. The number of hydrogen-bond donors (Lipinski definition) is 0. The van der Waals surface area contributed by atoms with Gasteiger partial charge in [-0.15, -0.1) is 0 Å². The molecule has 0 radical (unpaired) electrons. The highest BCUT2D eigenvalue weighted by molar-refractivity contribution is 9.10. The number of rotatable bonds is 3. The lowest BCUT2D eigenvalue weighted by molar-refractivity contribution is 0.272. The minimum Gasteiger partial charge on any atom is -0.490 e. The smallest absolute Gasteiger partial charge is 0.159 e. The molecule has 1 aromatic carbocycles. The zero-order chi connectivity index (χ0) is 11.5. The largest absolute Gasteiger partial charge is 0.490 e. The molecule has 3 heteroatoms. The summed E-state index contributed by atoms with van der Waals surface area (Å²) < 4.78 is 6.76. The molecule has 0 spiro atoms. The van der Waals surface area contributed by atoms with Crippen molar-refractivity contribution in [3.05, 3.63) is 34.9 Å². The SMILES string of the molecule is CC(C)COc1c(Br)ccc2cccnc12. The van der Waals surface area contributed by atoms with Crippen LogP contribution in [0.15, 0.2) is 34.9 Å². The van der Waals surface area contributed by atoms with Gasteiger partial charge in [-0.3, -0.25) is 4.98 Å². The topological polar surface area (TPSA) is 22.1 Å². The molecule has 0 amide bonds. The van der Waals surface area contributed by atoms with Crippen LogP contribution in [0.4, 0.5) is 0 Å². The fourth-order valence-corrected chi connectivity index (χ4v) is 1.92. The van der Waals surface area contributed by atoms with Crippen molar-refractivity contribution in [3.8, 4) is 5.75 Å². The second kappa shape index (κ2) is 4.83. The van der Waals surface area contributed by atoms with Crippen LogP contribution in [0.1, 0.15) is 13.8 Å². The number of hydrogen-bond acceptors (Lipinski definition) is 2. The molecule has 0 aliphatic carbocycles. The zero-order valence-corrected chi connectivity index (χ0v) is 11.0. The van der Waals surface area contributed by atoms with E-state index in [4.69, 9.17) is 4.74 Å². The molecule has 2 nitrogen and oxygen atoms in total. The van der Waals surface area contributed by atoms with Crippen LogP contribution in [-0.4, -0.2) is 11.6 Å². The molecule has 84 valence electrons. The predicted molar refractivity (Wildman–Crippen MR) is 69.8 cm³/mol. The van der Waals surface area contributed by atoms with Crippen LogP contribution in [0.2, 0.25) is 0 Å². The van der Waals surface area contributed by atoms with E-state index in [0.29, 0.717) is 12.5 Å². The minimum atomic E-state index is 0.505. The average molecular weight is 280 g/mol. The molecule has 1 aromatic heterocycles. The molecule has 0 unspecified atom stereocenters. The van der Waals surface area contributed by atoms with Gasteiger partial charge in [0.25, 0.3) is 0 Å². The molecular formula is C13H14BrNO. The quantitative estimate of drug-likeness (QED) is 0.846. The van der Waals surface area contributed by atoms with Gasteiger partial charge in [0, 0.05) is 11.6 Å². The predicted octanol–water partition coefficient (Wildman–Crippen LogP) is 4.03. The third-order valence-electron chi connectivity index (χ3n) is 2.24. The molecule has 2 aromatic rings. The highest BCUT2D eigenvalue weighted by atomic mass is 79.9. The van der Waals surface area contributed by atoms with E-state index in [1.807, 2.05) is 24.3 Å². The van der Waals surface area contributed by atoms with Crippen LogP contribution in [0.3, 0.4) is 0 Å². The maximum Gasteiger partial charge on any atom is 0.159 e. The number of fused-ring (bicyclic) bond motifs is 1. The summed E-state index contributed by atoms with van der Waals surface area (Å²) in [4.78, 5) is 4.36. The molecule has 0 bridgehead atoms. The van der Waals surface area contributed by atoms with Crippen LogP contribution in [-0.2, 0) is 0 Å². The summed E-state index contributed by atoms with van der Waals surface area (Å²) in [6.45, 7) is 4.97. The Morgan fingerprint density at radius 1 is 1.31 bits per heavy atom. The molecule has 0 aliphatic rings. The Morgan fingerprint density at radius 3 is 2.88 bits per heavy atom. The first-order valence-electron chi connectivity index (χ1n) is 5.34. The lowest BCUT2D eigenvalue weighted by Crippen LogP contribution is -2.05. The Kier molecular flexibility index (Phi) is 3.44. The molecule has 0 saturated heterocycles. The van der Waals surface area contributed by atoms with E-state index in [2.05, 4.69) is 34.8 Å². The second-order valence-electron chi connectivity index (χ2n) is 4.16. The van der Waals surface area contributed by atoms with E-state index in [0.717, 1.165) is 21.1 Å². The van der Waals surface area contributed by atoms with Crippen molar-refractivity contribution >= 4 is 26.8 Å². The standard InChI is InChI=1S/C13H14BrNO/c1-9(2)8-16-13-11(14)6-5-10-4-3-7-15-12(10)13/h3-7,9H,8H2,1-2H3. The van der Waals surface area contributed by atoms with E-state index < -0.39 is 0 Å². The highest BCUT2D eigenvalue weighted by Crippen LogP contribution is 2.32. The lowest BCUT2D eigenvalue weighted by atomic mass is 10.2. The van der Waals surface area contributed by atoms with Gasteiger partial charge in [0.1, 0.15) is 5.52 Å².